The zero-order valence-electron chi connectivity index (χ0n) is 16.5. The first kappa shape index (κ1) is 21.0. The SMILES string of the molecule is C[C@@H](O)[C@H](NC(=O)[C@@H](CC(=O)[C@@H]1CCCN1)Cc1c[nH]c2ccccc12)C(N)=O. The van der Waals surface area contributed by atoms with Crippen molar-refractivity contribution in [1.29, 1.82) is 0 Å². The van der Waals surface area contributed by atoms with Crippen LogP contribution in [0, 0.1) is 5.92 Å². The van der Waals surface area contributed by atoms with Crippen LogP contribution in [0.15, 0.2) is 30.5 Å². The van der Waals surface area contributed by atoms with Crippen molar-refractivity contribution in [2.75, 3.05) is 6.54 Å². The summed E-state index contributed by atoms with van der Waals surface area (Å²) in [5.41, 5.74) is 7.17. The summed E-state index contributed by atoms with van der Waals surface area (Å²) in [7, 11) is 0. The molecule has 0 saturated carbocycles. The van der Waals surface area contributed by atoms with Gasteiger partial charge in [0.1, 0.15) is 6.04 Å². The van der Waals surface area contributed by atoms with Crippen molar-refractivity contribution < 1.29 is 19.5 Å². The van der Waals surface area contributed by atoms with Crippen LogP contribution in [0.25, 0.3) is 10.9 Å². The Balaban J connectivity index is 1.81. The minimum atomic E-state index is -1.20. The van der Waals surface area contributed by atoms with E-state index in [0.717, 1.165) is 35.9 Å². The highest BCUT2D eigenvalue weighted by Gasteiger charge is 2.32. The Kier molecular flexibility index (Phi) is 6.66. The van der Waals surface area contributed by atoms with Gasteiger partial charge in [0, 0.05) is 29.4 Å². The number of hydrogen-bond donors (Lipinski definition) is 5. The number of aliphatic hydroxyl groups is 1. The van der Waals surface area contributed by atoms with Gasteiger partial charge in [-0.25, -0.2) is 0 Å². The molecule has 1 aliphatic rings. The Labute approximate surface area is 169 Å². The number of para-hydroxylation sites is 1. The largest absolute Gasteiger partial charge is 0.391 e. The number of ketones is 1. The van der Waals surface area contributed by atoms with Crippen molar-refractivity contribution in [3.8, 4) is 0 Å². The molecule has 1 aliphatic heterocycles. The molecule has 156 valence electrons. The number of aliphatic hydroxyl groups excluding tert-OH is 1. The maximum atomic E-state index is 13.0. The average molecular weight is 400 g/mol. The Morgan fingerprint density at radius 1 is 1.31 bits per heavy atom. The first-order valence-electron chi connectivity index (χ1n) is 9.95. The fourth-order valence-electron chi connectivity index (χ4n) is 3.87. The number of aromatic amines is 1. The molecule has 3 rings (SSSR count). The maximum Gasteiger partial charge on any atom is 0.242 e. The van der Waals surface area contributed by atoms with Crippen LogP contribution in [0.2, 0.25) is 0 Å². The number of Topliss-reactive ketones (excluding diaryl/α,β-unsaturated/α-hetero) is 1. The van der Waals surface area contributed by atoms with E-state index in [4.69, 9.17) is 5.73 Å². The third kappa shape index (κ3) is 5.02. The summed E-state index contributed by atoms with van der Waals surface area (Å²) < 4.78 is 0. The lowest BCUT2D eigenvalue weighted by atomic mass is 9.90. The van der Waals surface area contributed by atoms with Gasteiger partial charge in [-0.2, -0.15) is 0 Å². The lowest BCUT2D eigenvalue weighted by molar-refractivity contribution is -0.134. The molecule has 8 heteroatoms. The third-order valence-electron chi connectivity index (χ3n) is 5.50. The van der Waals surface area contributed by atoms with E-state index in [1.807, 2.05) is 30.5 Å². The van der Waals surface area contributed by atoms with Crippen LogP contribution in [-0.4, -0.2) is 52.4 Å². The Bertz CT molecular complexity index is 886. The molecule has 0 bridgehead atoms. The molecule has 2 aromatic rings. The fourth-order valence-corrected chi connectivity index (χ4v) is 3.87. The van der Waals surface area contributed by atoms with Crippen molar-refractivity contribution in [3.63, 3.8) is 0 Å². The standard InChI is InChI=1S/C21H28N4O4/c1-12(26)19(20(22)28)25-21(29)13(10-18(27)17-7-4-8-23-17)9-14-11-24-16-6-3-2-5-15(14)16/h2-3,5-6,11-13,17,19,23-24,26H,4,7-10H2,1H3,(H2,22,28)(H,25,29)/t12-,13-,17+,19+/m1/s1. The van der Waals surface area contributed by atoms with Gasteiger partial charge in [0.15, 0.2) is 5.78 Å². The number of H-pyrrole nitrogens is 1. The van der Waals surface area contributed by atoms with Crippen molar-refractivity contribution in [2.24, 2.45) is 11.7 Å². The number of aromatic nitrogens is 1. The summed E-state index contributed by atoms with van der Waals surface area (Å²) >= 11 is 0. The van der Waals surface area contributed by atoms with E-state index in [-0.39, 0.29) is 18.2 Å². The molecule has 8 nitrogen and oxygen atoms in total. The molecule has 1 fully saturated rings. The number of nitrogens with two attached hydrogens (primary N) is 1. The van der Waals surface area contributed by atoms with E-state index in [0.29, 0.717) is 6.42 Å². The Morgan fingerprint density at radius 2 is 2.07 bits per heavy atom. The summed E-state index contributed by atoms with van der Waals surface area (Å²) in [5, 5.41) is 16.4. The molecule has 2 heterocycles. The Hall–Kier alpha value is -2.71. The normalized spacial score (nSPS) is 19.6. The second kappa shape index (κ2) is 9.19. The molecule has 29 heavy (non-hydrogen) atoms. The van der Waals surface area contributed by atoms with Gasteiger partial charge in [-0.3, -0.25) is 14.4 Å². The molecular weight excluding hydrogens is 372 g/mol. The summed E-state index contributed by atoms with van der Waals surface area (Å²) in [6.07, 6.45) is 2.79. The maximum absolute atomic E-state index is 13.0. The first-order valence-corrected chi connectivity index (χ1v) is 9.95. The quantitative estimate of drug-likeness (QED) is 0.415. The molecule has 4 atom stereocenters. The van der Waals surface area contributed by atoms with E-state index >= 15 is 0 Å². The van der Waals surface area contributed by atoms with Crippen molar-refractivity contribution in [2.45, 2.75) is 50.8 Å². The monoisotopic (exact) mass is 400 g/mol. The van der Waals surface area contributed by atoms with Gasteiger partial charge < -0.3 is 26.5 Å². The van der Waals surface area contributed by atoms with Crippen molar-refractivity contribution in [3.05, 3.63) is 36.0 Å². The number of rotatable bonds is 9. The minimum Gasteiger partial charge on any atom is -0.391 e. The molecule has 0 spiro atoms. The van der Waals surface area contributed by atoms with E-state index in [1.54, 1.807) is 0 Å². The number of nitrogens with one attached hydrogen (secondary N) is 3. The van der Waals surface area contributed by atoms with Gasteiger partial charge in [-0.15, -0.1) is 0 Å². The highest BCUT2D eigenvalue weighted by molar-refractivity contribution is 5.93. The second-order valence-corrected chi connectivity index (χ2v) is 7.71. The summed E-state index contributed by atoms with van der Waals surface area (Å²) in [5.74, 6) is -1.98. The number of carbonyl (C=O) groups excluding carboxylic acids is 3. The predicted molar refractivity (Wildman–Crippen MR) is 109 cm³/mol. The highest BCUT2D eigenvalue weighted by Crippen LogP contribution is 2.23. The number of primary amides is 1. The molecule has 1 saturated heterocycles. The van der Waals surface area contributed by atoms with Crippen LogP contribution < -0.4 is 16.4 Å². The van der Waals surface area contributed by atoms with Gasteiger partial charge in [-0.1, -0.05) is 18.2 Å². The lowest BCUT2D eigenvalue weighted by Crippen LogP contribution is -2.52. The van der Waals surface area contributed by atoms with Crippen LogP contribution in [0.5, 0.6) is 0 Å². The van der Waals surface area contributed by atoms with Crippen LogP contribution in [0.4, 0.5) is 0 Å². The van der Waals surface area contributed by atoms with Gasteiger partial charge in [0.05, 0.1) is 12.1 Å². The number of hydrogen-bond acceptors (Lipinski definition) is 5. The molecule has 1 aromatic carbocycles. The van der Waals surface area contributed by atoms with Crippen LogP contribution in [0.1, 0.15) is 31.7 Å². The van der Waals surface area contributed by atoms with Crippen molar-refractivity contribution in [1.82, 2.24) is 15.6 Å². The second-order valence-electron chi connectivity index (χ2n) is 7.71. The highest BCUT2D eigenvalue weighted by atomic mass is 16.3. The van der Waals surface area contributed by atoms with E-state index < -0.39 is 29.9 Å². The van der Waals surface area contributed by atoms with Gasteiger partial charge in [-0.05, 0) is 44.4 Å². The predicted octanol–water partition coefficient (Wildman–Crippen LogP) is 0.389. The fraction of sp³-hybridized carbons (Fsp3) is 0.476. The number of amides is 2. The summed E-state index contributed by atoms with van der Waals surface area (Å²) in [6, 6.07) is 6.29. The van der Waals surface area contributed by atoms with Crippen LogP contribution in [0.3, 0.4) is 0 Å². The molecular formula is C21H28N4O4. The number of fused-ring (bicyclic) bond motifs is 1. The van der Waals surface area contributed by atoms with E-state index in [2.05, 4.69) is 15.6 Å². The molecule has 6 N–H and O–H groups in total. The van der Waals surface area contributed by atoms with E-state index in [9.17, 15) is 19.5 Å². The van der Waals surface area contributed by atoms with Gasteiger partial charge in [0.2, 0.25) is 11.8 Å². The van der Waals surface area contributed by atoms with Crippen LogP contribution in [-0.2, 0) is 20.8 Å². The average Bonchev–Trinajstić information content (AvgIpc) is 3.35. The minimum absolute atomic E-state index is 0.0184. The number of benzene rings is 1. The lowest BCUT2D eigenvalue weighted by Gasteiger charge is -2.23. The molecule has 2 amide bonds. The summed E-state index contributed by atoms with van der Waals surface area (Å²) in [6.45, 7) is 2.18. The topological polar surface area (TPSA) is 137 Å². The Morgan fingerprint density at radius 3 is 2.72 bits per heavy atom. The molecule has 1 aromatic heterocycles. The van der Waals surface area contributed by atoms with Crippen LogP contribution >= 0.6 is 0 Å². The summed E-state index contributed by atoms with van der Waals surface area (Å²) in [4.78, 5) is 40.4. The third-order valence-corrected chi connectivity index (χ3v) is 5.50. The first-order chi connectivity index (χ1) is 13.9. The zero-order valence-corrected chi connectivity index (χ0v) is 16.5. The number of carbonyl (C=O) groups is 3. The zero-order chi connectivity index (χ0) is 21.0. The molecule has 0 radical (unpaired) electrons. The molecule has 0 unspecified atom stereocenters. The molecule has 0 aliphatic carbocycles. The van der Waals surface area contributed by atoms with Gasteiger partial charge in [0.25, 0.3) is 0 Å². The van der Waals surface area contributed by atoms with Gasteiger partial charge >= 0.3 is 0 Å². The smallest absolute Gasteiger partial charge is 0.242 e. The van der Waals surface area contributed by atoms with E-state index in [1.165, 1.54) is 6.92 Å². The van der Waals surface area contributed by atoms with Crippen molar-refractivity contribution >= 4 is 28.5 Å².